The summed E-state index contributed by atoms with van der Waals surface area (Å²) in [5.41, 5.74) is -0.711. The van der Waals surface area contributed by atoms with E-state index in [0.717, 1.165) is 24.8 Å². The second-order valence-electron chi connectivity index (χ2n) is 14.1. The fourth-order valence-electron chi connectivity index (χ4n) is 10.8. The van der Waals surface area contributed by atoms with E-state index in [4.69, 9.17) is 23.7 Å². The Hall–Kier alpha value is -3.01. The third-order valence-corrected chi connectivity index (χ3v) is 12.3. The fraction of sp³-hybridized carbons (Fsp3) is 0.727. The summed E-state index contributed by atoms with van der Waals surface area (Å²) in [6.45, 7) is 8.04. The number of fused-ring (bicyclic) bond motifs is 2. The standard InChI is InChI=1S/C33H40O10/c1-15-10-24(42-30(38)22(15)13-39-17(3)34)16(2)20-6-7-21-23-11-28-33(43-28)27(41-19(5)36)9-8-26(37)32(33)14-31(23,32)12-25(29(20)21)40-18(4)35/h8-9,16,20-21,23-25,27-29H,6-7,10-14H2,1-5H3. The summed E-state index contributed by atoms with van der Waals surface area (Å²) in [7, 11) is 0. The summed E-state index contributed by atoms with van der Waals surface area (Å²) in [4.78, 5) is 62.5. The highest BCUT2D eigenvalue weighted by molar-refractivity contribution is 6.02. The van der Waals surface area contributed by atoms with Crippen LogP contribution in [0.5, 0.6) is 0 Å². The lowest BCUT2D eigenvalue weighted by molar-refractivity contribution is -0.168. The highest BCUT2D eigenvalue weighted by Gasteiger charge is 2.95. The number of carbonyl (C=O) groups excluding carboxylic acids is 5. The van der Waals surface area contributed by atoms with Crippen LogP contribution in [0.4, 0.5) is 0 Å². The van der Waals surface area contributed by atoms with Gasteiger partial charge < -0.3 is 23.7 Å². The van der Waals surface area contributed by atoms with Gasteiger partial charge in [-0.1, -0.05) is 12.5 Å². The monoisotopic (exact) mass is 596 g/mol. The van der Waals surface area contributed by atoms with Crippen molar-refractivity contribution in [1.29, 1.82) is 0 Å². The number of epoxide rings is 1. The van der Waals surface area contributed by atoms with Crippen LogP contribution in [0, 0.1) is 40.4 Å². The Labute approximate surface area is 250 Å². The van der Waals surface area contributed by atoms with Gasteiger partial charge in [0.1, 0.15) is 24.4 Å². The molecule has 0 aromatic rings. The molecular formula is C33H40O10. The second kappa shape index (κ2) is 9.49. The van der Waals surface area contributed by atoms with E-state index in [2.05, 4.69) is 6.92 Å². The molecule has 0 aromatic carbocycles. The van der Waals surface area contributed by atoms with Crippen LogP contribution < -0.4 is 0 Å². The first-order valence-electron chi connectivity index (χ1n) is 15.6. The van der Waals surface area contributed by atoms with E-state index in [1.807, 2.05) is 6.92 Å². The first-order chi connectivity index (χ1) is 20.4. The summed E-state index contributed by atoms with van der Waals surface area (Å²) in [5.74, 6) is -0.917. The minimum atomic E-state index is -0.829. The first kappa shape index (κ1) is 28.7. The molecule has 7 aliphatic rings. The maximum Gasteiger partial charge on any atom is 0.337 e. The molecule has 12 atom stereocenters. The second-order valence-corrected chi connectivity index (χ2v) is 14.1. The minimum Gasteiger partial charge on any atom is -0.462 e. The quantitative estimate of drug-likeness (QED) is 0.255. The van der Waals surface area contributed by atoms with Gasteiger partial charge in [-0.3, -0.25) is 19.2 Å². The molecule has 3 spiro atoms. The Morgan fingerprint density at radius 1 is 1.07 bits per heavy atom. The van der Waals surface area contributed by atoms with Crippen LogP contribution in [0.15, 0.2) is 23.3 Å². The average molecular weight is 597 g/mol. The molecule has 43 heavy (non-hydrogen) atoms. The molecule has 0 aromatic heterocycles. The van der Waals surface area contributed by atoms with Crippen molar-refractivity contribution in [3.8, 4) is 0 Å². The smallest absolute Gasteiger partial charge is 0.337 e. The number of ketones is 1. The van der Waals surface area contributed by atoms with Gasteiger partial charge in [0, 0.05) is 33.1 Å². The Bertz CT molecular complexity index is 1380. The highest BCUT2D eigenvalue weighted by atomic mass is 16.7. The third-order valence-electron chi connectivity index (χ3n) is 12.3. The molecule has 4 saturated carbocycles. The number of hydrogen-bond acceptors (Lipinski definition) is 10. The maximum absolute atomic E-state index is 13.8. The topological polar surface area (TPSA) is 135 Å². The van der Waals surface area contributed by atoms with Gasteiger partial charge in [0.2, 0.25) is 0 Å². The summed E-state index contributed by atoms with van der Waals surface area (Å²) >= 11 is 0. The van der Waals surface area contributed by atoms with Crippen molar-refractivity contribution in [3.05, 3.63) is 23.3 Å². The highest BCUT2D eigenvalue weighted by Crippen LogP contribution is 2.88. The number of carbonyl (C=O) groups is 5. The van der Waals surface area contributed by atoms with E-state index in [1.165, 1.54) is 20.8 Å². The number of rotatable bonds is 6. The lowest BCUT2D eigenvalue weighted by atomic mass is 9.52. The van der Waals surface area contributed by atoms with Crippen molar-refractivity contribution in [2.75, 3.05) is 6.61 Å². The van der Waals surface area contributed by atoms with Crippen LogP contribution in [0.25, 0.3) is 0 Å². The zero-order valence-corrected chi connectivity index (χ0v) is 25.4. The molecule has 12 unspecified atom stereocenters. The lowest BCUT2D eigenvalue weighted by Crippen LogP contribution is -2.59. The Morgan fingerprint density at radius 3 is 2.49 bits per heavy atom. The molecular weight excluding hydrogens is 556 g/mol. The van der Waals surface area contributed by atoms with Gasteiger partial charge >= 0.3 is 23.9 Å². The third kappa shape index (κ3) is 3.83. The van der Waals surface area contributed by atoms with Gasteiger partial charge in [0.25, 0.3) is 0 Å². The number of cyclic esters (lactones) is 1. The van der Waals surface area contributed by atoms with Crippen molar-refractivity contribution in [2.24, 2.45) is 40.4 Å². The van der Waals surface area contributed by atoms with Crippen LogP contribution in [0.3, 0.4) is 0 Å². The maximum atomic E-state index is 13.8. The van der Waals surface area contributed by atoms with E-state index >= 15 is 0 Å². The van der Waals surface area contributed by atoms with Crippen molar-refractivity contribution < 1.29 is 47.7 Å². The zero-order valence-electron chi connectivity index (χ0n) is 25.4. The summed E-state index contributed by atoms with van der Waals surface area (Å²) in [5, 5.41) is 0. The van der Waals surface area contributed by atoms with Gasteiger partial charge in [-0.25, -0.2) is 4.79 Å². The number of ether oxygens (including phenoxy) is 5. The molecule has 0 amide bonds. The van der Waals surface area contributed by atoms with Crippen molar-refractivity contribution in [2.45, 2.75) is 103 Å². The summed E-state index contributed by atoms with van der Waals surface area (Å²) < 4.78 is 29.3. The Morgan fingerprint density at radius 2 is 1.81 bits per heavy atom. The van der Waals surface area contributed by atoms with E-state index in [1.54, 1.807) is 12.2 Å². The van der Waals surface area contributed by atoms with Gasteiger partial charge in [-0.05, 0) is 80.3 Å². The minimum absolute atomic E-state index is 0.0110. The number of hydrogen-bond donors (Lipinski definition) is 0. The van der Waals surface area contributed by atoms with Gasteiger partial charge in [-0.15, -0.1) is 0 Å². The molecule has 1 saturated heterocycles. The van der Waals surface area contributed by atoms with Crippen molar-refractivity contribution in [1.82, 2.24) is 0 Å². The van der Waals surface area contributed by atoms with Gasteiger partial charge in [0.15, 0.2) is 11.9 Å². The molecule has 10 nitrogen and oxygen atoms in total. The van der Waals surface area contributed by atoms with E-state index in [9.17, 15) is 24.0 Å². The molecule has 0 radical (unpaired) electrons. The van der Waals surface area contributed by atoms with E-state index in [0.29, 0.717) is 24.8 Å². The largest absolute Gasteiger partial charge is 0.462 e. The molecule has 2 aliphatic heterocycles. The van der Waals surface area contributed by atoms with Crippen LogP contribution in [-0.2, 0) is 47.7 Å². The summed E-state index contributed by atoms with van der Waals surface area (Å²) in [6.07, 6.45) is 6.21. The lowest BCUT2D eigenvalue weighted by Gasteiger charge is -2.52. The molecule has 0 bridgehead atoms. The molecule has 232 valence electrons. The van der Waals surface area contributed by atoms with Crippen molar-refractivity contribution >= 4 is 29.7 Å². The van der Waals surface area contributed by atoms with Gasteiger partial charge in [-0.2, -0.15) is 0 Å². The zero-order chi connectivity index (χ0) is 30.6. The number of allylic oxidation sites excluding steroid dienone is 1. The predicted octanol–water partition coefficient (Wildman–Crippen LogP) is 3.40. The Balaban J connectivity index is 1.17. The van der Waals surface area contributed by atoms with Crippen LogP contribution in [-0.4, -0.2) is 66.3 Å². The molecule has 5 aliphatic carbocycles. The molecule has 7 rings (SSSR count). The predicted molar refractivity (Wildman–Crippen MR) is 148 cm³/mol. The van der Waals surface area contributed by atoms with Crippen LogP contribution in [0.1, 0.15) is 73.1 Å². The first-order valence-corrected chi connectivity index (χ1v) is 15.6. The SMILES string of the molecule is CC(=O)OCC1=C(C)CC(C(C)C2CCC3C2C(OC(C)=O)CC24CC25C(=O)C=CC(OC(C)=O)C52OC2CC34)OC1=O. The number of esters is 4. The van der Waals surface area contributed by atoms with Crippen LogP contribution >= 0.6 is 0 Å². The molecule has 0 N–H and O–H groups in total. The van der Waals surface area contributed by atoms with Crippen LogP contribution in [0.2, 0.25) is 0 Å². The van der Waals surface area contributed by atoms with Gasteiger partial charge in [0.05, 0.1) is 17.1 Å². The fourth-order valence-corrected chi connectivity index (χ4v) is 10.8. The average Bonchev–Trinajstić information content (AvgIpc) is 3.76. The molecule has 2 heterocycles. The van der Waals surface area contributed by atoms with E-state index < -0.39 is 35.0 Å². The normalized spacial score (nSPS) is 45.8. The van der Waals surface area contributed by atoms with E-state index in [-0.39, 0.29) is 71.7 Å². The summed E-state index contributed by atoms with van der Waals surface area (Å²) in [6, 6.07) is 0. The molecule has 10 heteroatoms. The molecule has 5 fully saturated rings. The van der Waals surface area contributed by atoms with Crippen molar-refractivity contribution in [3.63, 3.8) is 0 Å². The Kier molecular flexibility index (Phi) is 6.35.